The van der Waals surface area contributed by atoms with Crippen molar-refractivity contribution in [2.45, 2.75) is 25.4 Å². The lowest BCUT2D eigenvalue weighted by atomic mass is 10.0. The molecule has 1 amide bonds. The molecule has 1 unspecified atom stereocenters. The smallest absolute Gasteiger partial charge is 0.253 e. The van der Waals surface area contributed by atoms with E-state index in [2.05, 4.69) is 29.2 Å². The van der Waals surface area contributed by atoms with E-state index in [1.165, 1.54) is 5.69 Å². The van der Waals surface area contributed by atoms with Crippen LogP contribution in [0, 0.1) is 0 Å². The number of rotatable bonds is 4. The number of carbonyl (C=O) groups is 1. The van der Waals surface area contributed by atoms with E-state index in [9.17, 15) is 4.79 Å². The van der Waals surface area contributed by atoms with E-state index in [-0.39, 0.29) is 24.4 Å². The Labute approximate surface area is 156 Å². The van der Waals surface area contributed by atoms with Gasteiger partial charge in [0, 0.05) is 44.0 Å². The Morgan fingerprint density at radius 2 is 1.84 bits per heavy atom. The number of benzene rings is 2. The van der Waals surface area contributed by atoms with Crippen molar-refractivity contribution >= 4 is 24.0 Å². The molecule has 134 valence electrons. The van der Waals surface area contributed by atoms with Gasteiger partial charge < -0.3 is 15.5 Å². The lowest BCUT2D eigenvalue weighted by Crippen LogP contribution is -2.48. The van der Waals surface area contributed by atoms with Crippen molar-refractivity contribution in [2.75, 3.05) is 25.0 Å². The molecule has 1 aliphatic rings. The highest BCUT2D eigenvalue weighted by Gasteiger charge is 2.26. The molecule has 2 aromatic carbocycles. The highest BCUT2D eigenvalue weighted by molar-refractivity contribution is 5.94. The third-order valence-corrected chi connectivity index (χ3v) is 4.82. The first-order valence-electron chi connectivity index (χ1n) is 8.55. The molecule has 2 N–H and O–H groups in total. The van der Waals surface area contributed by atoms with Gasteiger partial charge in [0.25, 0.3) is 5.91 Å². The zero-order valence-electron chi connectivity index (χ0n) is 14.6. The molecular formula is C20H26ClN3O. The number of anilines is 1. The van der Waals surface area contributed by atoms with Gasteiger partial charge in [-0.3, -0.25) is 4.79 Å². The molecule has 4 nitrogen and oxygen atoms in total. The van der Waals surface area contributed by atoms with Gasteiger partial charge in [-0.25, -0.2) is 0 Å². The minimum atomic E-state index is 0. The first-order chi connectivity index (χ1) is 11.7. The quantitative estimate of drug-likeness (QED) is 0.911. The maximum atomic E-state index is 12.8. The number of nitrogens with zero attached hydrogens (tertiary/aromatic N) is 2. The van der Waals surface area contributed by atoms with Crippen molar-refractivity contribution in [2.24, 2.45) is 5.73 Å². The maximum Gasteiger partial charge on any atom is 0.253 e. The summed E-state index contributed by atoms with van der Waals surface area (Å²) in [6.07, 6.45) is 2.15. The summed E-state index contributed by atoms with van der Waals surface area (Å²) in [7, 11) is 1.92. The summed E-state index contributed by atoms with van der Waals surface area (Å²) in [4.78, 5) is 17.0. The summed E-state index contributed by atoms with van der Waals surface area (Å²) >= 11 is 0. The van der Waals surface area contributed by atoms with Gasteiger partial charge >= 0.3 is 0 Å². The van der Waals surface area contributed by atoms with Gasteiger partial charge in [-0.1, -0.05) is 30.3 Å². The number of likely N-dealkylation sites (N-methyl/N-ethyl adjacent to an activating group) is 1. The summed E-state index contributed by atoms with van der Waals surface area (Å²) < 4.78 is 0. The largest absolute Gasteiger partial charge is 0.369 e. The standard InChI is InChI=1S/C20H25N3O.ClH/c1-22(20(24)17-11-9-16(14-21)10-12-17)19-8-5-13-23(15-19)18-6-3-2-4-7-18;/h2-4,6-7,9-12,19H,5,8,13-15,21H2,1H3;1H. The van der Waals surface area contributed by atoms with E-state index in [4.69, 9.17) is 5.73 Å². The summed E-state index contributed by atoms with van der Waals surface area (Å²) in [5.74, 6) is 0.0819. The van der Waals surface area contributed by atoms with Crippen LogP contribution in [0.15, 0.2) is 54.6 Å². The van der Waals surface area contributed by atoms with E-state index in [1.807, 2.05) is 42.3 Å². The Morgan fingerprint density at radius 1 is 1.16 bits per heavy atom. The van der Waals surface area contributed by atoms with Crippen molar-refractivity contribution in [1.29, 1.82) is 0 Å². The Morgan fingerprint density at radius 3 is 2.48 bits per heavy atom. The molecule has 1 saturated heterocycles. The van der Waals surface area contributed by atoms with Crippen LogP contribution >= 0.6 is 12.4 Å². The molecule has 5 heteroatoms. The van der Waals surface area contributed by atoms with Crippen LogP contribution in [0.4, 0.5) is 5.69 Å². The second-order valence-corrected chi connectivity index (χ2v) is 6.39. The van der Waals surface area contributed by atoms with Crippen LogP contribution in [0.25, 0.3) is 0 Å². The SMILES string of the molecule is CN(C(=O)c1ccc(CN)cc1)C1CCCN(c2ccccc2)C1.Cl. The van der Waals surface area contributed by atoms with Crippen LogP contribution in [0.2, 0.25) is 0 Å². The normalized spacial score (nSPS) is 16.9. The Kier molecular flexibility index (Phi) is 6.85. The molecule has 0 saturated carbocycles. The van der Waals surface area contributed by atoms with Crippen LogP contribution in [-0.2, 0) is 6.54 Å². The lowest BCUT2D eigenvalue weighted by molar-refractivity contribution is 0.0717. The monoisotopic (exact) mass is 359 g/mol. The van der Waals surface area contributed by atoms with Crippen LogP contribution in [-0.4, -0.2) is 37.0 Å². The average Bonchev–Trinajstić information content (AvgIpc) is 2.67. The van der Waals surface area contributed by atoms with E-state index in [0.29, 0.717) is 6.54 Å². The fraction of sp³-hybridized carbons (Fsp3) is 0.350. The van der Waals surface area contributed by atoms with Gasteiger partial charge in [-0.05, 0) is 42.7 Å². The summed E-state index contributed by atoms with van der Waals surface area (Å²) in [5, 5.41) is 0. The second kappa shape index (κ2) is 8.88. The predicted octanol–water partition coefficient (Wildman–Crippen LogP) is 3.31. The van der Waals surface area contributed by atoms with Gasteiger partial charge in [-0.2, -0.15) is 0 Å². The average molecular weight is 360 g/mol. The molecule has 0 spiro atoms. The summed E-state index contributed by atoms with van der Waals surface area (Å²) in [6, 6.07) is 18.3. The Balaban J connectivity index is 0.00000225. The molecule has 25 heavy (non-hydrogen) atoms. The molecule has 2 aromatic rings. The molecule has 3 rings (SSSR count). The van der Waals surface area contributed by atoms with Crippen LogP contribution in [0.1, 0.15) is 28.8 Å². The summed E-state index contributed by atoms with van der Waals surface area (Å²) in [5.41, 5.74) is 8.63. The first-order valence-corrected chi connectivity index (χ1v) is 8.55. The molecule has 1 fully saturated rings. The van der Waals surface area contributed by atoms with E-state index >= 15 is 0 Å². The van der Waals surface area contributed by atoms with Crippen LogP contribution in [0.5, 0.6) is 0 Å². The zero-order chi connectivity index (χ0) is 16.9. The number of carbonyl (C=O) groups excluding carboxylic acids is 1. The number of para-hydroxylation sites is 1. The van der Waals surface area contributed by atoms with E-state index in [0.717, 1.165) is 37.1 Å². The fourth-order valence-electron chi connectivity index (χ4n) is 3.30. The number of hydrogen-bond donors (Lipinski definition) is 1. The summed E-state index contributed by atoms with van der Waals surface area (Å²) in [6.45, 7) is 2.43. The van der Waals surface area contributed by atoms with Crippen molar-refractivity contribution < 1.29 is 4.79 Å². The van der Waals surface area contributed by atoms with Gasteiger partial charge in [0.1, 0.15) is 0 Å². The van der Waals surface area contributed by atoms with Crippen LogP contribution in [0.3, 0.4) is 0 Å². The second-order valence-electron chi connectivity index (χ2n) is 6.39. The molecule has 1 heterocycles. The van der Waals surface area contributed by atoms with Gasteiger partial charge in [0.2, 0.25) is 0 Å². The number of hydrogen-bond acceptors (Lipinski definition) is 3. The van der Waals surface area contributed by atoms with E-state index in [1.54, 1.807) is 0 Å². The Bertz CT molecular complexity index is 675. The third kappa shape index (κ3) is 4.53. The number of nitrogens with two attached hydrogens (primary N) is 1. The van der Waals surface area contributed by atoms with Gasteiger partial charge in [0.15, 0.2) is 0 Å². The number of halogens is 1. The van der Waals surface area contributed by atoms with Gasteiger partial charge in [0.05, 0.1) is 0 Å². The molecule has 0 aliphatic carbocycles. The Hall–Kier alpha value is -2.04. The van der Waals surface area contributed by atoms with Crippen LogP contribution < -0.4 is 10.6 Å². The molecule has 0 bridgehead atoms. The topological polar surface area (TPSA) is 49.6 Å². The van der Waals surface area contributed by atoms with Crippen molar-refractivity contribution in [3.05, 3.63) is 65.7 Å². The molecular weight excluding hydrogens is 334 g/mol. The van der Waals surface area contributed by atoms with Crippen molar-refractivity contribution in [3.63, 3.8) is 0 Å². The maximum absolute atomic E-state index is 12.8. The lowest BCUT2D eigenvalue weighted by Gasteiger charge is -2.39. The number of piperidine rings is 1. The van der Waals surface area contributed by atoms with E-state index < -0.39 is 0 Å². The number of amides is 1. The fourth-order valence-corrected chi connectivity index (χ4v) is 3.30. The highest BCUT2D eigenvalue weighted by atomic mass is 35.5. The van der Waals surface area contributed by atoms with Crippen molar-refractivity contribution in [3.8, 4) is 0 Å². The molecule has 1 atom stereocenters. The molecule has 1 aliphatic heterocycles. The third-order valence-electron chi connectivity index (χ3n) is 4.82. The zero-order valence-corrected chi connectivity index (χ0v) is 15.4. The highest BCUT2D eigenvalue weighted by Crippen LogP contribution is 2.22. The van der Waals surface area contributed by atoms with Gasteiger partial charge in [-0.15, -0.1) is 12.4 Å². The minimum Gasteiger partial charge on any atom is -0.369 e. The molecule has 0 radical (unpaired) electrons. The predicted molar refractivity (Wildman–Crippen MR) is 105 cm³/mol. The first kappa shape index (κ1) is 19.3. The van der Waals surface area contributed by atoms with Crippen molar-refractivity contribution in [1.82, 2.24) is 4.90 Å². The molecule has 0 aromatic heterocycles. The minimum absolute atomic E-state index is 0.